The third-order valence-electron chi connectivity index (χ3n) is 3.09. The van der Waals surface area contributed by atoms with Crippen LogP contribution in [-0.2, 0) is 0 Å². The molecule has 96 valence electrons. The van der Waals surface area contributed by atoms with Gasteiger partial charge in [-0.2, -0.15) is 4.98 Å². The second kappa shape index (κ2) is 4.78. The lowest BCUT2D eigenvalue weighted by Gasteiger charge is -1.99. The van der Waals surface area contributed by atoms with Gasteiger partial charge in [-0.1, -0.05) is 18.1 Å². The molecule has 1 aromatic carbocycles. The van der Waals surface area contributed by atoms with Crippen LogP contribution in [0.1, 0.15) is 18.7 Å². The number of aromatic nitrogens is 3. The third-order valence-corrected chi connectivity index (χ3v) is 3.09. The van der Waals surface area contributed by atoms with Crippen LogP contribution in [0.5, 0.6) is 0 Å². The minimum atomic E-state index is 0.0969. The van der Waals surface area contributed by atoms with Gasteiger partial charge in [-0.15, -0.1) is 0 Å². The maximum Gasteiger partial charge on any atom is 0.257 e. The summed E-state index contributed by atoms with van der Waals surface area (Å²) >= 11 is 0. The summed E-state index contributed by atoms with van der Waals surface area (Å²) in [6.07, 6.45) is 1.77. The van der Waals surface area contributed by atoms with Crippen LogP contribution in [-0.4, -0.2) is 21.7 Å². The van der Waals surface area contributed by atoms with Gasteiger partial charge in [0.2, 0.25) is 0 Å². The average molecular weight is 254 g/mol. The van der Waals surface area contributed by atoms with Gasteiger partial charge in [-0.3, -0.25) is 4.98 Å². The molecule has 2 heterocycles. The summed E-state index contributed by atoms with van der Waals surface area (Å²) in [6, 6.07) is 9.78. The lowest BCUT2D eigenvalue weighted by Crippen LogP contribution is -2.10. The Labute approximate surface area is 110 Å². The van der Waals surface area contributed by atoms with Gasteiger partial charge >= 0.3 is 0 Å². The van der Waals surface area contributed by atoms with Gasteiger partial charge in [-0.25, -0.2) is 0 Å². The van der Waals surface area contributed by atoms with Crippen molar-refractivity contribution < 1.29 is 4.52 Å². The van der Waals surface area contributed by atoms with E-state index in [9.17, 15) is 0 Å². The van der Waals surface area contributed by atoms with Crippen molar-refractivity contribution in [3.05, 3.63) is 42.4 Å². The molecular weight excluding hydrogens is 240 g/mol. The van der Waals surface area contributed by atoms with Gasteiger partial charge in [0, 0.05) is 29.6 Å². The molecule has 3 aromatic rings. The zero-order chi connectivity index (χ0) is 13.2. The van der Waals surface area contributed by atoms with Crippen LogP contribution in [0.3, 0.4) is 0 Å². The first-order valence-electron chi connectivity index (χ1n) is 6.17. The summed E-state index contributed by atoms with van der Waals surface area (Å²) in [5.41, 5.74) is 7.43. The maximum atomic E-state index is 5.60. The number of nitrogens with zero attached hydrogens (tertiary/aromatic N) is 3. The Bertz CT molecular complexity index is 707. The van der Waals surface area contributed by atoms with E-state index >= 15 is 0 Å². The number of benzene rings is 1. The molecule has 0 saturated carbocycles. The highest BCUT2D eigenvalue weighted by Gasteiger charge is 2.13. The molecule has 0 aliphatic heterocycles. The van der Waals surface area contributed by atoms with Crippen LogP contribution in [0, 0.1) is 0 Å². The summed E-state index contributed by atoms with van der Waals surface area (Å²) < 4.78 is 5.29. The quantitative estimate of drug-likeness (QED) is 0.776. The molecule has 0 spiro atoms. The predicted molar refractivity (Wildman–Crippen MR) is 72.5 cm³/mol. The molecule has 5 nitrogen and oxygen atoms in total. The van der Waals surface area contributed by atoms with E-state index in [2.05, 4.69) is 15.1 Å². The Morgan fingerprint density at radius 2 is 2.21 bits per heavy atom. The van der Waals surface area contributed by atoms with E-state index < -0.39 is 0 Å². The number of fused-ring (bicyclic) bond motifs is 1. The molecular formula is C14H14N4O. The minimum absolute atomic E-state index is 0.0969. The summed E-state index contributed by atoms with van der Waals surface area (Å²) in [6.45, 7) is 2.47. The van der Waals surface area contributed by atoms with Crippen molar-refractivity contribution in [3.63, 3.8) is 0 Å². The van der Waals surface area contributed by atoms with E-state index in [1.165, 1.54) is 0 Å². The number of nitrogens with two attached hydrogens (primary N) is 1. The molecule has 0 aliphatic carbocycles. The van der Waals surface area contributed by atoms with Crippen LogP contribution in [0.25, 0.3) is 22.4 Å². The number of hydrogen-bond donors (Lipinski definition) is 1. The van der Waals surface area contributed by atoms with Crippen molar-refractivity contribution in [1.29, 1.82) is 0 Å². The molecule has 2 N–H and O–H groups in total. The molecule has 1 atom stereocenters. The van der Waals surface area contributed by atoms with Crippen LogP contribution >= 0.6 is 0 Å². The van der Waals surface area contributed by atoms with Crippen LogP contribution in [0.4, 0.5) is 0 Å². The standard InChI is InChI=1S/C14H14N4O/c1-9(8-15)13-17-14(19-18-13)11-4-5-12-10(7-11)3-2-6-16-12/h2-7,9H,8,15H2,1H3. The number of hydrogen-bond acceptors (Lipinski definition) is 5. The molecule has 5 heteroatoms. The average Bonchev–Trinajstić information content (AvgIpc) is 2.95. The zero-order valence-corrected chi connectivity index (χ0v) is 10.6. The molecule has 0 aliphatic rings. The summed E-state index contributed by atoms with van der Waals surface area (Å²) in [7, 11) is 0. The fourth-order valence-corrected chi connectivity index (χ4v) is 1.87. The summed E-state index contributed by atoms with van der Waals surface area (Å²) in [5.74, 6) is 1.25. The first kappa shape index (κ1) is 11.8. The molecule has 2 aromatic heterocycles. The Morgan fingerprint density at radius 1 is 1.32 bits per heavy atom. The van der Waals surface area contributed by atoms with Crippen LogP contribution < -0.4 is 5.73 Å². The fraction of sp³-hybridized carbons (Fsp3) is 0.214. The summed E-state index contributed by atoms with van der Waals surface area (Å²) in [5, 5.41) is 5.01. The molecule has 0 amide bonds. The maximum absolute atomic E-state index is 5.60. The van der Waals surface area contributed by atoms with Gasteiger partial charge in [0.05, 0.1) is 5.52 Å². The fourth-order valence-electron chi connectivity index (χ4n) is 1.87. The molecule has 0 radical (unpaired) electrons. The Hall–Kier alpha value is -2.27. The topological polar surface area (TPSA) is 77.8 Å². The van der Waals surface area contributed by atoms with Gasteiger partial charge in [0.15, 0.2) is 5.82 Å². The Morgan fingerprint density at radius 3 is 3.05 bits per heavy atom. The van der Waals surface area contributed by atoms with Crippen molar-refractivity contribution in [3.8, 4) is 11.5 Å². The Kier molecular flexibility index (Phi) is 2.97. The highest BCUT2D eigenvalue weighted by molar-refractivity contribution is 5.82. The van der Waals surface area contributed by atoms with Crippen molar-refractivity contribution >= 4 is 10.9 Å². The first-order valence-corrected chi connectivity index (χ1v) is 6.17. The minimum Gasteiger partial charge on any atom is -0.334 e. The highest BCUT2D eigenvalue weighted by atomic mass is 16.5. The van der Waals surface area contributed by atoms with E-state index in [1.54, 1.807) is 6.20 Å². The van der Waals surface area contributed by atoms with Crippen molar-refractivity contribution in [1.82, 2.24) is 15.1 Å². The Balaban J connectivity index is 2.01. The SMILES string of the molecule is CC(CN)c1noc(-c2ccc3ncccc3c2)n1. The van der Waals surface area contributed by atoms with E-state index in [1.807, 2.05) is 37.3 Å². The van der Waals surface area contributed by atoms with Gasteiger partial charge < -0.3 is 10.3 Å². The normalized spacial score (nSPS) is 12.7. The third kappa shape index (κ3) is 2.20. The van der Waals surface area contributed by atoms with Crippen LogP contribution in [0.15, 0.2) is 41.1 Å². The van der Waals surface area contributed by atoms with E-state index in [-0.39, 0.29) is 5.92 Å². The largest absolute Gasteiger partial charge is 0.334 e. The number of rotatable bonds is 3. The molecule has 1 unspecified atom stereocenters. The van der Waals surface area contributed by atoms with Gasteiger partial charge in [0.25, 0.3) is 5.89 Å². The highest BCUT2D eigenvalue weighted by Crippen LogP contribution is 2.23. The van der Waals surface area contributed by atoms with E-state index in [4.69, 9.17) is 10.3 Å². The van der Waals surface area contributed by atoms with Gasteiger partial charge in [-0.05, 0) is 24.3 Å². The summed E-state index contributed by atoms with van der Waals surface area (Å²) in [4.78, 5) is 8.66. The van der Waals surface area contributed by atoms with Crippen molar-refractivity contribution in [2.24, 2.45) is 5.73 Å². The first-order chi connectivity index (χ1) is 9.28. The van der Waals surface area contributed by atoms with E-state index in [0.717, 1.165) is 16.5 Å². The van der Waals surface area contributed by atoms with E-state index in [0.29, 0.717) is 18.3 Å². The molecule has 0 bridgehead atoms. The monoisotopic (exact) mass is 254 g/mol. The predicted octanol–water partition coefficient (Wildman–Crippen LogP) is 2.35. The molecule has 19 heavy (non-hydrogen) atoms. The molecule has 0 fully saturated rings. The van der Waals surface area contributed by atoms with Crippen molar-refractivity contribution in [2.45, 2.75) is 12.8 Å². The second-order valence-electron chi connectivity index (χ2n) is 4.51. The van der Waals surface area contributed by atoms with Crippen molar-refractivity contribution in [2.75, 3.05) is 6.54 Å². The lowest BCUT2D eigenvalue weighted by molar-refractivity contribution is 0.418. The lowest BCUT2D eigenvalue weighted by atomic mass is 10.1. The molecule has 3 rings (SSSR count). The van der Waals surface area contributed by atoms with Crippen LogP contribution in [0.2, 0.25) is 0 Å². The second-order valence-corrected chi connectivity index (χ2v) is 4.51. The smallest absolute Gasteiger partial charge is 0.257 e. The molecule has 0 saturated heterocycles. The zero-order valence-electron chi connectivity index (χ0n) is 10.6. The van der Waals surface area contributed by atoms with Gasteiger partial charge in [0.1, 0.15) is 0 Å². The number of pyridine rings is 1.